The molecule has 7 heteroatoms. The van der Waals surface area contributed by atoms with Gasteiger partial charge in [-0.25, -0.2) is 0 Å². The highest BCUT2D eigenvalue weighted by Gasteiger charge is 2.32. The first-order chi connectivity index (χ1) is 16.3. The Kier molecular flexibility index (Phi) is 8.78. The topological polar surface area (TPSA) is 132 Å². The van der Waals surface area contributed by atoms with Crippen LogP contribution in [0.15, 0.2) is 24.3 Å². The Labute approximate surface area is 203 Å². The van der Waals surface area contributed by atoms with E-state index in [1.807, 2.05) is 32.0 Å². The molecule has 34 heavy (non-hydrogen) atoms. The number of ketones is 1. The fourth-order valence-electron chi connectivity index (χ4n) is 5.29. The molecule has 0 aliphatic carbocycles. The monoisotopic (exact) mass is 464 g/mol. The predicted molar refractivity (Wildman–Crippen MR) is 141 cm³/mol. The number of hydrogen-bond acceptors (Lipinski definition) is 5. The standard InChI is InChI=1S/C27H40N6O/c1-4-17(25(29)26(34)22(5-2)24(28)18-11-13-32-14-12-18)9-10-21-15-19-7-8-20(27(30)31)16-23(19)33(21)6-3/h7-8,15-18,22,28-29,32H,4-6,9-14H2,1-3H3,(H3,30,31)/t17-,22+/m0/s1. The van der Waals surface area contributed by atoms with Crippen LogP contribution in [0.2, 0.25) is 0 Å². The van der Waals surface area contributed by atoms with E-state index in [1.54, 1.807) is 0 Å². The van der Waals surface area contributed by atoms with Gasteiger partial charge in [0.15, 0.2) is 5.78 Å². The fraction of sp³-hybridized carbons (Fsp3) is 0.556. The molecule has 7 nitrogen and oxygen atoms in total. The van der Waals surface area contributed by atoms with Crippen LogP contribution in [0.25, 0.3) is 10.9 Å². The second-order valence-corrected chi connectivity index (χ2v) is 9.43. The van der Waals surface area contributed by atoms with E-state index in [9.17, 15) is 4.79 Å². The Morgan fingerprint density at radius 1 is 1.12 bits per heavy atom. The average Bonchev–Trinajstić information content (AvgIpc) is 3.21. The van der Waals surface area contributed by atoms with Gasteiger partial charge in [0.05, 0.1) is 11.6 Å². The number of hydrogen-bond donors (Lipinski definition) is 5. The summed E-state index contributed by atoms with van der Waals surface area (Å²) in [5.41, 5.74) is 9.35. The molecule has 0 amide bonds. The summed E-state index contributed by atoms with van der Waals surface area (Å²) in [5.74, 6) is -0.510. The first-order valence-corrected chi connectivity index (χ1v) is 12.7. The van der Waals surface area contributed by atoms with Crippen molar-refractivity contribution < 1.29 is 4.79 Å². The molecule has 0 bridgehead atoms. The normalized spacial score (nSPS) is 16.3. The van der Waals surface area contributed by atoms with Gasteiger partial charge in [-0.15, -0.1) is 0 Å². The Morgan fingerprint density at radius 2 is 1.82 bits per heavy atom. The van der Waals surface area contributed by atoms with Crippen LogP contribution in [-0.2, 0) is 17.8 Å². The van der Waals surface area contributed by atoms with Crippen LogP contribution in [0.1, 0.15) is 64.1 Å². The van der Waals surface area contributed by atoms with Crippen LogP contribution in [-0.4, -0.2) is 40.7 Å². The van der Waals surface area contributed by atoms with Crippen LogP contribution >= 0.6 is 0 Å². The van der Waals surface area contributed by atoms with Crippen molar-refractivity contribution in [2.24, 2.45) is 23.5 Å². The maximum atomic E-state index is 13.3. The quantitative estimate of drug-likeness (QED) is 0.233. The smallest absolute Gasteiger partial charge is 0.185 e. The second kappa shape index (κ2) is 11.6. The molecule has 1 saturated heterocycles. The third-order valence-corrected chi connectivity index (χ3v) is 7.41. The molecular weight excluding hydrogens is 424 g/mol. The Hall–Kier alpha value is -2.80. The van der Waals surface area contributed by atoms with Crippen LogP contribution < -0.4 is 11.1 Å². The van der Waals surface area contributed by atoms with E-state index in [0.29, 0.717) is 17.7 Å². The number of amidine groups is 1. The Balaban J connectivity index is 1.73. The predicted octanol–water partition coefficient (Wildman–Crippen LogP) is 4.54. The lowest BCUT2D eigenvalue weighted by molar-refractivity contribution is -0.115. The largest absolute Gasteiger partial charge is 0.384 e. The number of aromatic nitrogens is 1. The first kappa shape index (κ1) is 25.8. The molecule has 2 heterocycles. The third kappa shape index (κ3) is 5.46. The number of nitrogen functional groups attached to an aromatic ring is 1. The van der Waals surface area contributed by atoms with E-state index in [-0.39, 0.29) is 29.2 Å². The second-order valence-electron chi connectivity index (χ2n) is 9.43. The van der Waals surface area contributed by atoms with Crippen LogP contribution in [0.4, 0.5) is 0 Å². The number of fused-ring (bicyclic) bond motifs is 1. The molecule has 1 aromatic carbocycles. The summed E-state index contributed by atoms with van der Waals surface area (Å²) in [6.45, 7) is 8.70. The molecular formula is C27H40N6O. The number of nitrogens with zero attached hydrogens (tertiary/aromatic N) is 1. The molecule has 0 spiro atoms. The molecule has 184 valence electrons. The zero-order valence-corrected chi connectivity index (χ0v) is 20.8. The molecule has 0 saturated carbocycles. The van der Waals surface area contributed by atoms with Gasteiger partial charge in [0.25, 0.3) is 0 Å². The van der Waals surface area contributed by atoms with Crippen molar-refractivity contribution >= 4 is 33.9 Å². The molecule has 1 aromatic heterocycles. The summed E-state index contributed by atoms with van der Waals surface area (Å²) < 4.78 is 2.24. The number of nitrogens with two attached hydrogens (primary N) is 1. The molecule has 1 aliphatic rings. The van der Waals surface area contributed by atoms with Crippen molar-refractivity contribution in [2.45, 2.75) is 65.8 Å². The SMILES string of the molecule is CC[C@@H](CCc1cc2ccc(C(=N)N)cc2n1CC)C(=N)C(=O)[C@H](CC)C(=N)C1CCNCC1. The van der Waals surface area contributed by atoms with E-state index < -0.39 is 5.92 Å². The van der Waals surface area contributed by atoms with E-state index in [4.69, 9.17) is 22.0 Å². The van der Waals surface area contributed by atoms with Gasteiger partial charge in [0, 0.05) is 34.9 Å². The van der Waals surface area contributed by atoms with Crippen molar-refractivity contribution in [1.29, 1.82) is 16.2 Å². The van der Waals surface area contributed by atoms with E-state index in [1.165, 1.54) is 5.69 Å². The van der Waals surface area contributed by atoms with Crippen LogP contribution in [0, 0.1) is 34.0 Å². The highest BCUT2D eigenvalue weighted by Crippen LogP contribution is 2.26. The van der Waals surface area contributed by atoms with Crippen LogP contribution in [0.5, 0.6) is 0 Å². The zero-order valence-electron chi connectivity index (χ0n) is 20.8. The molecule has 3 rings (SSSR count). The van der Waals surface area contributed by atoms with Gasteiger partial charge in [-0.2, -0.15) is 0 Å². The molecule has 2 aromatic rings. The maximum Gasteiger partial charge on any atom is 0.185 e. The van der Waals surface area contributed by atoms with Crippen LogP contribution in [0.3, 0.4) is 0 Å². The van der Waals surface area contributed by atoms with Gasteiger partial charge >= 0.3 is 0 Å². The summed E-state index contributed by atoms with van der Waals surface area (Å²) in [4.78, 5) is 13.3. The van der Waals surface area contributed by atoms with Gasteiger partial charge < -0.3 is 26.4 Å². The number of Topliss-reactive ketones (excluding diaryl/α,β-unsaturated/α-hetero) is 1. The number of benzene rings is 1. The average molecular weight is 465 g/mol. The fourth-order valence-corrected chi connectivity index (χ4v) is 5.29. The first-order valence-electron chi connectivity index (χ1n) is 12.7. The Morgan fingerprint density at radius 3 is 2.41 bits per heavy atom. The van der Waals surface area contributed by atoms with Crippen molar-refractivity contribution in [3.05, 3.63) is 35.5 Å². The van der Waals surface area contributed by atoms with Crippen molar-refractivity contribution in [1.82, 2.24) is 9.88 Å². The van der Waals surface area contributed by atoms with E-state index in [2.05, 4.69) is 22.9 Å². The summed E-state index contributed by atoms with van der Waals surface area (Å²) in [7, 11) is 0. The number of carbonyl (C=O) groups is 1. The minimum atomic E-state index is -0.461. The highest BCUT2D eigenvalue weighted by molar-refractivity contribution is 6.43. The van der Waals surface area contributed by atoms with Crippen molar-refractivity contribution in [3.8, 4) is 0 Å². The minimum Gasteiger partial charge on any atom is -0.384 e. The van der Waals surface area contributed by atoms with Gasteiger partial charge in [-0.3, -0.25) is 10.2 Å². The van der Waals surface area contributed by atoms with Gasteiger partial charge in [-0.1, -0.05) is 26.0 Å². The lowest BCUT2D eigenvalue weighted by Gasteiger charge is -2.28. The summed E-state index contributed by atoms with van der Waals surface area (Å²) in [5, 5.41) is 29.6. The number of piperidine rings is 1. The summed E-state index contributed by atoms with van der Waals surface area (Å²) in [6, 6.07) is 8.01. The number of nitrogens with one attached hydrogen (secondary N) is 4. The molecule has 1 fully saturated rings. The van der Waals surface area contributed by atoms with Gasteiger partial charge in [-0.05, 0) is 82.0 Å². The molecule has 0 radical (unpaired) electrons. The third-order valence-electron chi connectivity index (χ3n) is 7.41. The number of rotatable bonds is 12. The van der Waals surface area contributed by atoms with Crippen molar-refractivity contribution in [2.75, 3.05) is 13.1 Å². The number of aryl methyl sites for hydroxylation is 2. The number of carbonyl (C=O) groups excluding carboxylic acids is 1. The van der Waals surface area contributed by atoms with Gasteiger partial charge in [0.2, 0.25) is 0 Å². The summed E-state index contributed by atoms with van der Waals surface area (Å²) >= 11 is 0. The molecule has 6 N–H and O–H groups in total. The van der Waals surface area contributed by atoms with E-state index >= 15 is 0 Å². The van der Waals surface area contributed by atoms with Crippen molar-refractivity contribution in [3.63, 3.8) is 0 Å². The van der Waals surface area contributed by atoms with Gasteiger partial charge in [0.1, 0.15) is 5.84 Å². The summed E-state index contributed by atoms with van der Waals surface area (Å²) in [6.07, 6.45) is 4.63. The van der Waals surface area contributed by atoms with E-state index in [0.717, 1.165) is 62.6 Å². The lowest BCUT2D eigenvalue weighted by atomic mass is 9.78. The minimum absolute atomic E-state index is 0.0610. The molecule has 2 atom stereocenters. The highest BCUT2D eigenvalue weighted by atomic mass is 16.1. The lowest BCUT2D eigenvalue weighted by Crippen LogP contribution is -2.39. The zero-order chi connectivity index (χ0) is 24.8. The molecule has 1 aliphatic heterocycles. The maximum absolute atomic E-state index is 13.3. The Bertz CT molecular complexity index is 1060. The molecule has 0 unspecified atom stereocenters.